The van der Waals surface area contributed by atoms with E-state index in [0.717, 1.165) is 11.4 Å². The number of azo groups is 1. The van der Waals surface area contributed by atoms with Gasteiger partial charge >= 0.3 is 0 Å². The summed E-state index contributed by atoms with van der Waals surface area (Å²) in [7, 11) is 0.462. The number of nitrogens with one attached hydrogen (secondary N) is 1. The van der Waals surface area contributed by atoms with Crippen LogP contribution >= 0.6 is 0 Å². The first-order valence-electron chi connectivity index (χ1n) is 7.59. The third kappa shape index (κ3) is 4.87. The van der Waals surface area contributed by atoms with E-state index in [2.05, 4.69) is 15.0 Å². The van der Waals surface area contributed by atoms with Crippen LogP contribution in [-0.2, 0) is 10.0 Å². The quantitative estimate of drug-likeness (QED) is 0.807. The lowest BCUT2D eigenvalue weighted by molar-refractivity contribution is 0.570. The molecule has 2 aromatic rings. The number of benzene rings is 2. The molecule has 0 aliphatic heterocycles. The van der Waals surface area contributed by atoms with Crippen LogP contribution in [0.1, 0.15) is 13.8 Å². The van der Waals surface area contributed by atoms with Gasteiger partial charge in [-0.1, -0.05) is 0 Å². The lowest BCUT2D eigenvalue weighted by atomic mass is 10.3. The average molecular weight is 346 g/mol. The van der Waals surface area contributed by atoms with E-state index in [1.165, 1.54) is 12.1 Å². The van der Waals surface area contributed by atoms with Crippen LogP contribution in [0.25, 0.3) is 0 Å². The van der Waals surface area contributed by atoms with Crippen LogP contribution in [0.15, 0.2) is 63.7 Å². The van der Waals surface area contributed by atoms with Gasteiger partial charge in [-0.2, -0.15) is 10.2 Å². The molecule has 2 aromatic carbocycles. The molecule has 0 atom stereocenters. The molecule has 7 heteroatoms. The first-order valence-corrected chi connectivity index (χ1v) is 9.08. The van der Waals surface area contributed by atoms with E-state index in [9.17, 15) is 8.42 Å². The summed E-state index contributed by atoms with van der Waals surface area (Å²) < 4.78 is 26.6. The van der Waals surface area contributed by atoms with Gasteiger partial charge < -0.3 is 4.90 Å². The molecule has 24 heavy (non-hydrogen) atoms. The van der Waals surface area contributed by atoms with Crippen molar-refractivity contribution < 1.29 is 8.42 Å². The third-order valence-corrected chi connectivity index (χ3v) is 4.86. The average Bonchev–Trinajstić information content (AvgIpc) is 2.52. The Morgan fingerprint density at radius 3 is 1.75 bits per heavy atom. The van der Waals surface area contributed by atoms with Crippen molar-refractivity contribution in [2.24, 2.45) is 10.2 Å². The highest BCUT2D eigenvalue weighted by Crippen LogP contribution is 2.22. The Hall–Kier alpha value is -2.25. The van der Waals surface area contributed by atoms with Gasteiger partial charge in [0.2, 0.25) is 10.0 Å². The Kier molecular flexibility index (Phi) is 5.69. The van der Waals surface area contributed by atoms with Crippen LogP contribution < -0.4 is 9.62 Å². The van der Waals surface area contributed by atoms with E-state index >= 15 is 0 Å². The molecule has 0 heterocycles. The molecule has 0 bridgehead atoms. The second-order valence-corrected chi connectivity index (χ2v) is 7.59. The van der Waals surface area contributed by atoms with Gasteiger partial charge in [0.25, 0.3) is 0 Å². The van der Waals surface area contributed by atoms with Gasteiger partial charge in [-0.25, -0.2) is 13.1 Å². The maximum Gasteiger partial charge on any atom is 0.240 e. The summed E-state index contributed by atoms with van der Waals surface area (Å²) in [6.45, 7) is 3.56. The first kappa shape index (κ1) is 18.1. The van der Waals surface area contributed by atoms with Gasteiger partial charge in [0, 0.05) is 25.8 Å². The number of hydrogen-bond donors (Lipinski definition) is 1. The van der Waals surface area contributed by atoms with Crippen LogP contribution in [0.3, 0.4) is 0 Å². The largest absolute Gasteiger partial charge is 0.378 e. The Morgan fingerprint density at radius 2 is 1.33 bits per heavy atom. The zero-order chi connectivity index (χ0) is 17.7. The summed E-state index contributed by atoms with van der Waals surface area (Å²) in [6.07, 6.45) is 0. The number of rotatable bonds is 6. The first-order chi connectivity index (χ1) is 11.3. The van der Waals surface area contributed by atoms with Gasteiger partial charge in [0.15, 0.2) is 0 Å². The molecule has 6 nitrogen and oxygen atoms in total. The van der Waals surface area contributed by atoms with E-state index in [1.807, 2.05) is 43.3 Å². The molecule has 0 aliphatic rings. The summed E-state index contributed by atoms with van der Waals surface area (Å²) >= 11 is 0. The van der Waals surface area contributed by atoms with Crippen LogP contribution in [0, 0.1) is 0 Å². The van der Waals surface area contributed by atoms with Gasteiger partial charge in [-0.15, -0.1) is 0 Å². The van der Waals surface area contributed by atoms with Crippen molar-refractivity contribution in [1.82, 2.24) is 4.72 Å². The van der Waals surface area contributed by atoms with Crippen molar-refractivity contribution in [2.75, 3.05) is 19.0 Å². The van der Waals surface area contributed by atoms with Crippen LogP contribution in [0.2, 0.25) is 0 Å². The zero-order valence-electron chi connectivity index (χ0n) is 14.3. The van der Waals surface area contributed by atoms with Crippen LogP contribution in [-0.4, -0.2) is 28.6 Å². The van der Waals surface area contributed by atoms with Crippen LogP contribution in [0.4, 0.5) is 17.1 Å². The van der Waals surface area contributed by atoms with Crippen molar-refractivity contribution in [2.45, 2.75) is 24.8 Å². The van der Waals surface area contributed by atoms with Gasteiger partial charge in [0.05, 0.1) is 16.3 Å². The molecule has 1 N–H and O–H groups in total. The summed E-state index contributed by atoms with van der Waals surface area (Å²) in [5.41, 5.74) is 2.41. The monoisotopic (exact) mass is 346 g/mol. The van der Waals surface area contributed by atoms with E-state index in [0.29, 0.717) is 5.69 Å². The molecule has 128 valence electrons. The molecule has 0 aliphatic carbocycles. The summed E-state index contributed by atoms with van der Waals surface area (Å²) in [4.78, 5) is 2.22. The van der Waals surface area contributed by atoms with Crippen molar-refractivity contribution in [3.05, 3.63) is 48.5 Å². The van der Waals surface area contributed by atoms with Gasteiger partial charge in [-0.3, -0.25) is 0 Å². The minimum atomic E-state index is -3.48. The molecule has 0 unspecified atom stereocenters. The maximum atomic E-state index is 12.1. The number of sulfonamides is 1. The predicted octanol–water partition coefficient (Wildman–Crippen LogP) is 3.85. The second-order valence-electron chi connectivity index (χ2n) is 5.88. The normalized spacial score (nSPS) is 12.0. The molecule has 0 aromatic heterocycles. The predicted molar refractivity (Wildman–Crippen MR) is 96.8 cm³/mol. The SMILES string of the molecule is CC(C)NS(=O)(=O)c1ccc(N=Nc2ccc(N(C)C)cc2)cc1. The van der Waals surface area contributed by atoms with E-state index in [1.54, 1.807) is 26.0 Å². The minimum Gasteiger partial charge on any atom is -0.378 e. The highest BCUT2D eigenvalue weighted by molar-refractivity contribution is 7.89. The topological polar surface area (TPSA) is 74.1 Å². The van der Waals surface area contributed by atoms with Crippen molar-refractivity contribution in [3.8, 4) is 0 Å². The fraction of sp³-hybridized carbons (Fsp3) is 0.294. The molecular weight excluding hydrogens is 324 g/mol. The highest BCUT2D eigenvalue weighted by Gasteiger charge is 2.14. The third-order valence-electron chi connectivity index (χ3n) is 3.18. The molecule has 0 saturated heterocycles. The van der Waals surface area contributed by atoms with Crippen LogP contribution in [0.5, 0.6) is 0 Å². The number of anilines is 1. The van der Waals surface area contributed by atoms with Crippen molar-refractivity contribution >= 4 is 27.1 Å². The Labute approximate surface area is 143 Å². The Morgan fingerprint density at radius 1 is 0.875 bits per heavy atom. The fourth-order valence-corrected chi connectivity index (χ4v) is 3.25. The number of hydrogen-bond acceptors (Lipinski definition) is 5. The summed E-state index contributed by atoms with van der Waals surface area (Å²) in [6, 6.07) is 13.8. The van der Waals surface area contributed by atoms with Crippen molar-refractivity contribution in [1.29, 1.82) is 0 Å². The van der Waals surface area contributed by atoms with E-state index < -0.39 is 10.0 Å². The maximum absolute atomic E-state index is 12.1. The molecule has 0 saturated carbocycles. The molecule has 0 spiro atoms. The smallest absolute Gasteiger partial charge is 0.240 e. The Balaban J connectivity index is 2.11. The zero-order valence-corrected chi connectivity index (χ0v) is 15.1. The van der Waals surface area contributed by atoms with E-state index in [-0.39, 0.29) is 10.9 Å². The molecule has 0 fully saturated rings. The summed E-state index contributed by atoms with van der Waals surface area (Å²) in [5.74, 6) is 0. The highest BCUT2D eigenvalue weighted by atomic mass is 32.2. The molecule has 2 rings (SSSR count). The fourth-order valence-electron chi connectivity index (χ4n) is 2.00. The van der Waals surface area contributed by atoms with Crippen molar-refractivity contribution in [3.63, 3.8) is 0 Å². The van der Waals surface area contributed by atoms with Gasteiger partial charge in [-0.05, 0) is 62.4 Å². The standard InChI is InChI=1S/C17H22N4O2S/c1-13(2)20-24(22,23)17-11-7-15(8-12-17)19-18-14-5-9-16(10-6-14)21(3)4/h5-13,20H,1-4H3. The lowest BCUT2D eigenvalue weighted by Gasteiger charge is -2.11. The Bertz CT molecular complexity index is 795. The summed E-state index contributed by atoms with van der Waals surface area (Å²) in [5, 5.41) is 8.29. The lowest BCUT2D eigenvalue weighted by Crippen LogP contribution is -2.30. The number of nitrogens with zero attached hydrogens (tertiary/aromatic N) is 3. The van der Waals surface area contributed by atoms with E-state index in [4.69, 9.17) is 0 Å². The molecular formula is C17H22N4O2S. The minimum absolute atomic E-state index is 0.153. The molecule has 0 amide bonds. The molecule has 0 radical (unpaired) electrons. The second kappa shape index (κ2) is 7.55. The van der Waals surface area contributed by atoms with Gasteiger partial charge in [0.1, 0.15) is 0 Å².